The van der Waals surface area contributed by atoms with Crippen LogP contribution in [0.25, 0.3) is 0 Å². The van der Waals surface area contributed by atoms with Crippen molar-refractivity contribution in [2.45, 2.75) is 37.9 Å². The Balaban J connectivity index is 1.32. The monoisotopic (exact) mass is 394 g/mol. The summed E-state index contributed by atoms with van der Waals surface area (Å²) in [5, 5.41) is 2.65. The fraction of sp³-hybridized carbons (Fsp3) is 0.474. The molecule has 2 aliphatic rings. The molecule has 0 N–H and O–H groups in total. The Morgan fingerprint density at radius 3 is 2.78 bits per heavy atom. The zero-order valence-corrected chi connectivity index (χ0v) is 15.5. The number of hydrogen-bond acceptors (Lipinski definition) is 5. The van der Waals surface area contributed by atoms with Gasteiger partial charge in [-0.25, -0.2) is 13.8 Å². The van der Waals surface area contributed by atoms with Crippen LogP contribution in [0.5, 0.6) is 5.75 Å². The minimum Gasteiger partial charge on any atom is -0.487 e. The van der Waals surface area contributed by atoms with E-state index >= 15 is 0 Å². The summed E-state index contributed by atoms with van der Waals surface area (Å²) in [4.78, 5) is 18.9. The van der Waals surface area contributed by atoms with Gasteiger partial charge in [0.05, 0.1) is 0 Å². The summed E-state index contributed by atoms with van der Waals surface area (Å²) in [6.07, 6.45) is 2.96. The third-order valence-corrected chi connectivity index (χ3v) is 5.80. The Morgan fingerprint density at radius 2 is 2.07 bits per heavy atom. The van der Waals surface area contributed by atoms with Gasteiger partial charge in [-0.1, -0.05) is 0 Å². The molecule has 1 unspecified atom stereocenters. The van der Waals surface area contributed by atoms with Gasteiger partial charge >= 0.3 is 0 Å². The van der Waals surface area contributed by atoms with Crippen molar-refractivity contribution in [1.82, 2.24) is 9.88 Å². The highest BCUT2D eigenvalue weighted by molar-refractivity contribution is 7.09. The van der Waals surface area contributed by atoms with E-state index in [0.717, 1.165) is 30.5 Å². The van der Waals surface area contributed by atoms with Crippen molar-refractivity contribution >= 4 is 17.2 Å². The largest absolute Gasteiger partial charge is 0.487 e. The molecule has 0 radical (unpaired) electrons. The van der Waals surface area contributed by atoms with Gasteiger partial charge in [0, 0.05) is 44.0 Å². The van der Waals surface area contributed by atoms with Crippen molar-refractivity contribution in [3.05, 3.63) is 45.9 Å². The molecule has 0 bridgehead atoms. The van der Waals surface area contributed by atoms with Crippen LogP contribution in [0.2, 0.25) is 0 Å². The summed E-state index contributed by atoms with van der Waals surface area (Å²) < 4.78 is 37.9. The highest BCUT2D eigenvalue weighted by Crippen LogP contribution is 2.31. The van der Waals surface area contributed by atoms with Crippen LogP contribution < -0.4 is 4.74 Å². The first-order valence-corrected chi connectivity index (χ1v) is 9.96. The molecular weight excluding hydrogens is 374 g/mol. The van der Waals surface area contributed by atoms with Crippen molar-refractivity contribution in [2.75, 3.05) is 19.7 Å². The Kier molecular flexibility index (Phi) is 5.36. The number of carbonyl (C=O) groups is 1. The van der Waals surface area contributed by atoms with Crippen molar-refractivity contribution in [2.24, 2.45) is 0 Å². The van der Waals surface area contributed by atoms with Crippen molar-refractivity contribution in [3.8, 4) is 5.75 Å². The predicted molar refractivity (Wildman–Crippen MR) is 96.0 cm³/mol. The molecule has 0 saturated carbocycles. The first-order chi connectivity index (χ1) is 13.1. The first-order valence-electron chi connectivity index (χ1n) is 9.08. The van der Waals surface area contributed by atoms with Crippen LogP contribution in [0.3, 0.4) is 0 Å². The van der Waals surface area contributed by atoms with Crippen LogP contribution in [-0.2, 0) is 4.74 Å². The van der Waals surface area contributed by atoms with Crippen LogP contribution in [0, 0.1) is 11.6 Å². The predicted octanol–water partition coefficient (Wildman–Crippen LogP) is 3.96. The third-order valence-electron chi connectivity index (χ3n) is 4.86. The zero-order chi connectivity index (χ0) is 18.8. The maximum absolute atomic E-state index is 13.7. The standard InChI is InChI=1S/C19H20F2N2O3S/c20-12-3-4-16(14(21)10-12)26-13-5-7-23(8-6-13)19(24)15-11-27-18(22-15)17-2-1-9-25-17/h3-4,10-11,13,17H,1-2,5-9H2. The molecule has 0 aliphatic carbocycles. The summed E-state index contributed by atoms with van der Waals surface area (Å²) >= 11 is 1.46. The number of hydrogen-bond donors (Lipinski definition) is 0. The number of piperidine rings is 1. The van der Waals surface area contributed by atoms with Crippen LogP contribution in [0.4, 0.5) is 8.78 Å². The van der Waals surface area contributed by atoms with Gasteiger partial charge in [-0.05, 0) is 25.0 Å². The van der Waals surface area contributed by atoms with Crippen LogP contribution in [0.1, 0.15) is 47.3 Å². The van der Waals surface area contributed by atoms with E-state index in [0.29, 0.717) is 31.6 Å². The second-order valence-electron chi connectivity index (χ2n) is 6.76. The number of nitrogens with zero attached hydrogens (tertiary/aromatic N) is 2. The molecule has 1 amide bonds. The second-order valence-corrected chi connectivity index (χ2v) is 7.65. The zero-order valence-electron chi connectivity index (χ0n) is 14.7. The number of amides is 1. The first kappa shape index (κ1) is 18.3. The lowest BCUT2D eigenvalue weighted by molar-refractivity contribution is 0.0582. The third kappa shape index (κ3) is 4.11. The summed E-state index contributed by atoms with van der Waals surface area (Å²) in [5.74, 6) is -1.40. The fourth-order valence-electron chi connectivity index (χ4n) is 3.40. The Labute approximate surface area is 159 Å². The molecule has 3 heterocycles. The van der Waals surface area contributed by atoms with Crippen LogP contribution in [-0.4, -0.2) is 41.6 Å². The molecule has 0 spiro atoms. The molecule has 2 aromatic rings. The normalized spacial score (nSPS) is 20.8. The molecule has 4 rings (SSSR count). The number of rotatable bonds is 4. The molecular formula is C19H20F2N2O3S. The number of likely N-dealkylation sites (tertiary alicyclic amines) is 1. The molecule has 1 aromatic carbocycles. The fourth-order valence-corrected chi connectivity index (χ4v) is 4.27. The smallest absolute Gasteiger partial charge is 0.273 e. The summed E-state index contributed by atoms with van der Waals surface area (Å²) in [7, 11) is 0. The van der Waals surface area contributed by atoms with E-state index in [2.05, 4.69) is 4.98 Å². The molecule has 8 heteroatoms. The second kappa shape index (κ2) is 7.90. The van der Waals surface area contributed by atoms with Crippen LogP contribution in [0.15, 0.2) is 23.6 Å². The topological polar surface area (TPSA) is 51.7 Å². The molecule has 144 valence electrons. The molecule has 2 aliphatic heterocycles. The average Bonchev–Trinajstić information content (AvgIpc) is 3.35. The quantitative estimate of drug-likeness (QED) is 0.788. The number of aromatic nitrogens is 1. The minimum absolute atomic E-state index is 0.0151. The van der Waals surface area contributed by atoms with Crippen molar-refractivity contribution in [1.29, 1.82) is 0 Å². The number of benzene rings is 1. The van der Waals surface area contributed by atoms with E-state index in [1.54, 1.807) is 10.3 Å². The Hall–Kier alpha value is -2.06. The molecule has 5 nitrogen and oxygen atoms in total. The lowest BCUT2D eigenvalue weighted by atomic mass is 10.1. The average molecular weight is 394 g/mol. The highest BCUT2D eigenvalue weighted by atomic mass is 32.1. The van der Waals surface area contributed by atoms with Gasteiger partial charge in [-0.2, -0.15) is 0 Å². The Bertz CT molecular complexity index is 815. The van der Waals surface area contributed by atoms with Crippen molar-refractivity contribution < 1.29 is 23.0 Å². The van der Waals surface area contributed by atoms with E-state index in [-0.39, 0.29) is 23.9 Å². The molecule has 1 atom stereocenters. The van der Waals surface area contributed by atoms with Gasteiger partial charge in [0.1, 0.15) is 28.7 Å². The van der Waals surface area contributed by atoms with Crippen molar-refractivity contribution in [3.63, 3.8) is 0 Å². The maximum atomic E-state index is 13.7. The highest BCUT2D eigenvalue weighted by Gasteiger charge is 2.28. The van der Waals surface area contributed by atoms with Gasteiger partial charge in [-0.3, -0.25) is 4.79 Å². The number of thiazole rings is 1. The van der Waals surface area contributed by atoms with Gasteiger partial charge in [0.25, 0.3) is 5.91 Å². The molecule has 27 heavy (non-hydrogen) atoms. The van der Waals surface area contributed by atoms with E-state index in [9.17, 15) is 13.6 Å². The maximum Gasteiger partial charge on any atom is 0.273 e. The molecule has 2 saturated heterocycles. The van der Waals surface area contributed by atoms with Gasteiger partial charge in [0.15, 0.2) is 11.6 Å². The molecule has 1 aromatic heterocycles. The number of halogens is 2. The SMILES string of the molecule is O=C(c1csc(C2CCCO2)n1)N1CCC(Oc2ccc(F)cc2F)CC1. The number of ether oxygens (including phenoxy) is 2. The van der Waals surface area contributed by atoms with Crippen LogP contribution >= 0.6 is 11.3 Å². The summed E-state index contributed by atoms with van der Waals surface area (Å²) in [6, 6.07) is 3.27. The van der Waals surface area contributed by atoms with E-state index in [1.165, 1.54) is 23.5 Å². The van der Waals surface area contributed by atoms with Gasteiger partial charge in [0.2, 0.25) is 0 Å². The van der Waals surface area contributed by atoms with E-state index in [1.807, 2.05) is 0 Å². The van der Waals surface area contributed by atoms with Gasteiger partial charge in [-0.15, -0.1) is 11.3 Å². The summed E-state index contributed by atoms with van der Waals surface area (Å²) in [6.45, 7) is 1.77. The number of carbonyl (C=O) groups excluding carboxylic acids is 1. The van der Waals surface area contributed by atoms with E-state index in [4.69, 9.17) is 9.47 Å². The lowest BCUT2D eigenvalue weighted by Crippen LogP contribution is -2.42. The van der Waals surface area contributed by atoms with Gasteiger partial charge < -0.3 is 14.4 Å². The Morgan fingerprint density at radius 1 is 1.26 bits per heavy atom. The summed E-state index contributed by atoms with van der Waals surface area (Å²) in [5.41, 5.74) is 0.453. The van der Waals surface area contributed by atoms with E-state index < -0.39 is 11.6 Å². The lowest BCUT2D eigenvalue weighted by Gasteiger charge is -2.31. The minimum atomic E-state index is -0.711. The molecule has 2 fully saturated rings.